The molecule has 1 aliphatic heterocycles. The summed E-state index contributed by atoms with van der Waals surface area (Å²) in [5.74, 6) is -4.04. The van der Waals surface area contributed by atoms with Crippen LogP contribution in [0.4, 0.5) is 13.2 Å². The third kappa shape index (κ3) is 3.26. The van der Waals surface area contributed by atoms with Crippen molar-refractivity contribution >= 4 is 10.0 Å². The van der Waals surface area contributed by atoms with Crippen LogP contribution in [0.5, 0.6) is 0 Å². The van der Waals surface area contributed by atoms with Crippen LogP contribution < -0.4 is 10.0 Å². The Balaban J connectivity index is 2.19. The van der Waals surface area contributed by atoms with Gasteiger partial charge in [-0.05, 0) is 19.4 Å². The molecule has 0 aromatic heterocycles. The van der Waals surface area contributed by atoms with E-state index in [1.54, 1.807) is 0 Å². The van der Waals surface area contributed by atoms with Crippen molar-refractivity contribution in [3.63, 3.8) is 0 Å². The molecule has 1 aromatic rings. The summed E-state index contributed by atoms with van der Waals surface area (Å²) in [5, 5.41) is 3.04. The summed E-state index contributed by atoms with van der Waals surface area (Å²) >= 11 is 0. The van der Waals surface area contributed by atoms with Crippen molar-refractivity contribution < 1.29 is 21.6 Å². The zero-order valence-corrected chi connectivity index (χ0v) is 10.7. The molecule has 19 heavy (non-hydrogen) atoms. The molecule has 1 heterocycles. The Labute approximate surface area is 109 Å². The fourth-order valence-corrected chi connectivity index (χ4v) is 3.20. The van der Waals surface area contributed by atoms with Crippen molar-refractivity contribution in [2.45, 2.75) is 23.8 Å². The second-order valence-electron chi connectivity index (χ2n) is 4.34. The first-order chi connectivity index (χ1) is 8.90. The largest absolute Gasteiger partial charge is 0.313 e. The van der Waals surface area contributed by atoms with E-state index < -0.39 is 32.4 Å². The monoisotopic (exact) mass is 294 g/mol. The highest BCUT2D eigenvalue weighted by atomic mass is 32.2. The minimum atomic E-state index is -4.33. The minimum Gasteiger partial charge on any atom is -0.313 e. The predicted octanol–water partition coefficient (Wildman–Crippen LogP) is 1.13. The fourth-order valence-electron chi connectivity index (χ4n) is 2.00. The average molecular weight is 294 g/mol. The fraction of sp³-hybridized carbons (Fsp3) is 0.455. The molecule has 1 fully saturated rings. The number of hydrogen-bond acceptors (Lipinski definition) is 3. The number of sulfonamides is 1. The number of rotatable bonds is 4. The second-order valence-corrected chi connectivity index (χ2v) is 6.05. The van der Waals surface area contributed by atoms with Gasteiger partial charge in [0.2, 0.25) is 10.0 Å². The molecule has 1 atom stereocenters. The molecule has 1 aromatic carbocycles. The van der Waals surface area contributed by atoms with Gasteiger partial charge < -0.3 is 5.32 Å². The molecule has 0 radical (unpaired) electrons. The second kappa shape index (κ2) is 5.48. The molecule has 1 aliphatic rings. The Morgan fingerprint density at radius 1 is 1.26 bits per heavy atom. The normalized spacial score (nSPS) is 19.8. The maximum atomic E-state index is 13.4. The zero-order valence-electron chi connectivity index (χ0n) is 9.92. The molecule has 4 nitrogen and oxygen atoms in total. The van der Waals surface area contributed by atoms with Crippen molar-refractivity contribution in [2.75, 3.05) is 13.1 Å². The van der Waals surface area contributed by atoms with Gasteiger partial charge in [0, 0.05) is 24.7 Å². The van der Waals surface area contributed by atoms with Gasteiger partial charge in [0.15, 0.2) is 4.90 Å². The average Bonchev–Trinajstić information content (AvgIpc) is 2.77. The summed E-state index contributed by atoms with van der Waals surface area (Å²) in [6.07, 6.45) is 1.71. The van der Waals surface area contributed by atoms with Crippen LogP contribution in [0, 0.1) is 17.5 Å². The van der Waals surface area contributed by atoms with E-state index in [0.717, 1.165) is 19.4 Å². The third-order valence-corrected chi connectivity index (χ3v) is 4.39. The Hall–Kier alpha value is -1.12. The standard InChI is InChI=1S/C11H13F3N2O2S/c12-7-4-9(13)11(10(14)5-7)19(17,18)16-6-8-2-1-3-15-8/h4-5,8,15-16H,1-3,6H2. The quantitative estimate of drug-likeness (QED) is 0.875. The smallest absolute Gasteiger partial charge is 0.246 e. The van der Waals surface area contributed by atoms with Gasteiger partial charge in [0.05, 0.1) is 0 Å². The molecule has 2 rings (SSSR count). The molecule has 106 valence electrons. The molecule has 0 saturated carbocycles. The summed E-state index contributed by atoms with van der Waals surface area (Å²) in [6, 6.07) is 0.623. The molecule has 2 N–H and O–H groups in total. The van der Waals surface area contributed by atoms with Crippen molar-refractivity contribution in [3.8, 4) is 0 Å². The first kappa shape index (κ1) is 14.3. The van der Waals surface area contributed by atoms with Crippen molar-refractivity contribution in [3.05, 3.63) is 29.6 Å². The van der Waals surface area contributed by atoms with Crippen LogP contribution >= 0.6 is 0 Å². The zero-order chi connectivity index (χ0) is 14.0. The Bertz CT molecular complexity index is 548. The lowest BCUT2D eigenvalue weighted by Crippen LogP contribution is -2.37. The van der Waals surface area contributed by atoms with Crippen LogP contribution in [0.2, 0.25) is 0 Å². The molecule has 1 unspecified atom stereocenters. The first-order valence-corrected chi connectivity index (χ1v) is 7.26. The van der Waals surface area contributed by atoms with E-state index in [-0.39, 0.29) is 12.6 Å². The minimum absolute atomic E-state index is 0.0403. The lowest BCUT2D eigenvalue weighted by Gasteiger charge is -2.13. The van der Waals surface area contributed by atoms with Gasteiger partial charge in [-0.1, -0.05) is 0 Å². The van der Waals surface area contributed by atoms with Gasteiger partial charge in [0.25, 0.3) is 0 Å². The van der Waals surface area contributed by atoms with Gasteiger partial charge in [0.1, 0.15) is 17.5 Å². The summed E-state index contributed by atoms with van der Waals surface area (Å²) in [6.45, 7) is 0.824. The van der Waals surface area contributed by atoms with Gasteiger partial charge in [-0.3, -0.25) is 0 Å². The molecule has 0 spiro atoms. The summed E-state index contributed by atoms with van der Waals surface area (Å²) < 4.78 is 65.2. The summed E-state index contributed by atoms with van der Waals surface area (Å²) in [5.41, 5.74) is 0. The van der Waals surface area contributed by atoms with Gasteiger partial charge in [-0.2, -0.15) is 0 Å². The first-order valence-electron chi connectivity index (χ1n) is 5.78. The van der Waals surface area contributed by atoms with Crippen LogP contribution in [0.15, 0.2) is 17.0 Å². The molecule has 0 bridgehead atoms. The lowest BCUT2D eigenvalue weighted by atomic mass is 10.2. The van der Waals surface area contributed by atoms with E-state index in [1.165, 1.54) is 0 Å². The molecule has 0 amide bonds. The summed E-state index contributed by atoms with van der Waals surface area (Å²) in [7, 11) is -4.33. The Morgan fingerprint density at radius 2 is 1.89 bits per heavy atom. The van der Waals surface area contributed by atoms with Crippen molar-refractivity contribution in [1.29, 1.82) is 0 Å². The molecule has 8 heteroatoms. The van der Waals surface area contributed by atoms with Crippen LogP contribution in [0.3, 0.4) is 0 Å². The van der Waals surface area contributed by atoms with Crippen LogP contribution in [-0.2, 0) is 10.0 Å². The number of halogens is 3. The van der Waals surface area contributed by atoms with E-state index >= 15 is 0 Å². The molecule has 1 saturated heterocycles. The van der Waals surface area contributed by atoms with E-state index in [9.17, 15) is 21.6 Å². The lowest BCUT2D eigenvalue weighted by molar-refractivity contribution is 0.490. The van der Waals surface area contributed by atoms with Crippen molar-refractivity contribution in [1.82, 2.24) is 10.0 Å². The van der Waals surface area contributed by atoms with Crippen LogP contribution in [-0.4, -0.2) is 27.5 Å². The molecular weight excluding hydrogens is 281 g/mol. The van der Waals surface area contributed by atoms with Crippen molar-refractivity contribution in [2.24, 2.45) is 0 Å². The molecular formula is C11H13F3N2O2S. The van der Waals surface area contributed by atoms with E-state index in [1.807, 2.05) is 0 Å². The number of nitrogens with one attached hydrogen (secondary N) is 2. The Morgan fingerprint density at radius 3 is 2.42 bits per heavy atom. The van der Waals surface area contributed by atoms with E-state index in [4.69, 9.17) is 0 Å². The number of benzene rings is 1. The maximum absolute atomic E-state index is 13.4. The third-order valence-electron chi connectivity index (χ3n) is 2.91. The van der Waals surface area contributed by atoms with Gasteiger partial charge >= 0.3 is 0 Å². The maximum Gasteiger partial charge on any atom is 0.246 e. The number of hydrogen-bond donors (Lipinski definition) is 2. The highest BCUT2D eigenvalue weighted by molar-refractivity contribution is 7.89. The van der Waals surface area contributed by atoms with E-state index in [0.29, 0.717) is 12.1 Å². The predicted molar refractivity (Wildman–Crippen MR) is 62.5 cm³/mol. The SMILES string of the molecule is O=S(=O)(NCC1CCCN1)c1c(F)cc(F)cc1F. The van der Waals surface area contributed by atoms with Gasteiger partial charge in [-0.25, -0.2) is 26.3 Å². The van der Waals surface area contributed by atoms with E-state index in [2.05, 4.69) is 10.0 Å². The van der Waals surface area contributed by atoms with Crippen LogP contribution in [0.25, 0.3) is 0 Å². The molecule has 0 aliphatic carbocycles. The van der Waals surface area contributed by atoms with Gasteiger partial charge in [-0.15, -0.1) is 0 Å². The Kier molecular flexibility index (Phi) is 4.12. The van der Waals surface area contributed by atoms with Crippen LogP contribution in [0.1, 0.15) is 12.8 Å². The highest BCUT2D eigenvalue weighted by Crippen LogP contribution is 2.20. The topological polar surface area (TPSA) is 58.2 Å². The highest BCUT2D eigenvalue weighted by Gasteiger charge is 2.26. The summed E-state index contributed by atoms with van der Waals surface area (Å²) in [4.78, 5) is -1.15.